The number of primary sulfonamides is 1. The number of ether oxygens (including phenoxy) is 1. The zero-order valence-corrected chi connectivity index (χ0v) is 24.1. The first-order chi connectivity index (χ1) is 17.7. The average Bonchev–Trinajstić information content (AvgIpc) is 2.83. The number of hydrogen-bond acceptors (Lipinski definition) is 7. The van der Waals surface area contributed by atoms with Crippen molar-refractivity contribution in [3.05, 3.63) is 52.7 Å². The number of piperidine rings is 1. The maximum atomic E-state index is 15.4. The lowest BCUT2D eigenvalue weighted by Gasteiger charge is -2.41. The molecule has 4 rings (SSSR count). The van der Waals surface area contributed by atoms with Crippen molar-refractivity contribution in [1.29, 1.82) is 0 Å². The van der Waals surface area contributed by atoms with Crippen LogP contribution >= 0.6 is 0 Å². The minimum absolute atomic E-state index is 0.0210. The van der Waals surface area contributed by atoms with Crippen LogP contribution in [0, 0.1) is 11.7 Å². The van der Waals surface area contributed by atoms with Crippen LogP contribution in [0.5, 0.6) is 0 Å². The average molecular weight is 571 g/mol. The highest BCUT2D eigenvalue weighted by Crippen LogP contribution is 2.45. The minimum Gasteiger partial charge on any atom is -0.373 e. The Hall–Kier alpha value is -1.83. The predicted octanol–water partition coefficient (Wildman–Crippen LogP) is 2.37. The second kappa shape index (κ2) is 11.0. The second-order valence-electron chi connectivity index (χ2n) is 10.9. The highest BCUT2D eigenvalue weighted by atomic mass is 32.2. The van der Waals surface area contributed by atoms with Crippen molar-refractivity contribution in [3.63, 3.8) is 0 Å². The van der Waals surface area contributed by atoms with E-state index in [1.807, 2.05) is 4.90 Å². The molecular formula is C26H39FN4O5S2. The Morgan fingerprint density at radius 1 is 1.11 bits per heavy atom. The van der Waals surface area contributed by atoms with Crippen LogP contribution in [0.2, 0.25) is 0 Å². The first kappa shape index (κ1) is 29.2. The molecule has 2 aliphatic heterocycles. The molecule has 0 aromatic heterocycles. The topological polar surface area (TPSA) is 113 Å². The predicted molar refractivity (Wildman–Crippen MR) is 147 cm³/mol. The van der Waals surface area contributed by atoms with Crippen LogP contribution in [0.15, 0.2) is 41.3 Å². The quantitative estimate of drug-likeness (QED) is 0.536. The fourth-order valence-electron chi connectivity index (χ4n) is 5.89. The highest BCUT2D eigenvalue weighted by Gasteiger charge is 2.46. The van der Waals surface area contributed by atoms with Gasteiger partial charge < -0.3 is 9.64 Å². The number of sulfonamides is 2. The van der Waals surface area contributed by atoms with Crippen molar-refractivity contribution in [3.8, 4) is 0 Å². The Morgan fingerprint density at radius 3 is 2.26 bits per heavy atom. The summed E-state index contributed by atoms with van der Waals surface area (Å²) in [6, 6.07) is 4.37. The summed E-state index contributed by atoms with van der Waals surface area (Å²) in [7, 11) is -5.26. The molecule has 0 saturated carbocycles. The van der Waals surface area contributed by atoms with Crippen LogP contribution in [-0.4, -0.2) is 85.1 Å². The van der Waals surface area contributed by atoms with E-state index >= 15 is 4.39 Å². The number of rotatable bonds is 7. The van der Waals surface area contributed by atoms with Crippen LogP contribution in [-0.2, 0) is 29.5 Å². The molecule has 3 atom stereocenters. The van der Waals surface area contributed by atoms with Gasteiger partial charge in [-0.05, 0) is 51.2 Å². The Kier molecular flexibility index (Phi) is 8.42. The number of anilines is 1. The molecule has 1 aromatic rings. The van der Waals surface area contributed by atoms with E-state index in [1.165, 1.54) is 44.5 Å². The Labute approximate surface area is 226 Å². The molecule has 2 saturated heterocycles. The van der Waals surface area contributed by atoms with Crippen molar-refractivity contribution >= 4 is 25.7 Å². The number of hydrogen-bond donors (Lipinski definition) is 1. The van der Waals surface area contributed by atoms with E-state index in [1.54, 1.807) is 6.07 Å². The molecule has 2 N–H and O–H groups in total. The molecule has 3 aliphatic rings. The Balaban J connectivity index is 1.59. The highest BCUT2D eigenvalue weighted by molar-refractivity contribution is 7.93. The molecule has 1 aliphatic carbocycles. The lowest BCUT2D eigenvalue weighted by atomic mass is 9.88. The van der Waals surface area contributed by atoms with Crippen molar-refractivity contribution in [1.82, 2.24) is 9.21 Å². The zero-order valence-electron chi connectivity index (χ0n) is 22.5. The van der Waals surface area contributed by atoms with Crippen molar-refractivity contribution in [2.75, 3.05) is 51.7 Å². The van der Waals surface area contributed by atoms with Gasteiger partial charge in [0.15, 0.2) is 0 Å². The summed E-state index contributed by atoms with van der Waals surface area (Å²) in [6.45, 7) is 8.06. The molecule has 1 aromatic carbocycles. The van der Waals surface area contributed by atoms with Crippen molar-refractivity contribution < 1.29 is 26.0 Å². The van der Waals surface area contributed by atoms with Crippen LogP contribution in [0.4, 0.5) is 10.1 Å². The van der Waals surface area contributed by atoms with Crippen LogP contribution < -0.4 is 10.0 Å². The lowest BCUT2D eigenvalue weighted by molar-refractivity contribution is -0.0720. The van der Waals surface area contributed by atoms with Crippen molar-refractivity contribution in [2.24, 2.45) is 11.1 Å². The van der Waals surface area contributed by atoms with Crippen LogP contribution in [0.1, 0.15) is 38.7 Å². The molecular weight excluding hydrogens is 531 g/mol. The van der Waals surface area contributed by atoms with Gasteiger partial charge >= 0.3 is 0 Å². The van der Waals surface area contributed by atoms with E-state index in [0.717, 1.165) is 36.8 Å². The smallest absolute Gasteiger partial charge is 0.242 e. The van der Waals surface area contributed by atoms with Gasteiger partial charge in [-0.1, -0.05) is 24.3 Å². The minimum atomic E-state index is -4.30. The maximum Gasteiger partial charge on any atom is 0.242 e. The number of allylic oxidation sites excluding steroid dienone is 2. The summed E-state index contributed by atoms with van der Waals surface area (Å²) in [5.74, 6) is -0.0774. The molecule has 9 nitrogen and oxygen atoms in total. The molecule has 2 fully saturated rings. The third-order valence-corrected chi connectivity index (χ3v) is 11.2. The lowest BCUT2D eigenvalue weighted by Crippen LogP contribution is -2.48. The monoisotopic (exact) mass is 570 g/mol. The summed E-state index contributed by atoms with van der Waals surface area (Å²) in [5.41, 5.74) is 0.439. The van der Waals surface area contributed by atoms with Crippen molar-refractivity contribution in [2.45, 2.75) is 50.1 Å². The maximum absolute atomic E-state index is 15.4. The van der Waals surface area contributed by atoms with Gasteiger partial charge in [-0.2, -0.15) is 0 Å². The summed E-state index contributed by atoms with van der Waals surface area (Å²) in [4.78, 5) is 4.32. The number of nitrogens with two attached hydrogens (primary N) is 1. The molecule has 38 heavy (non-hydrogen) atoms. The number of benzene rings is 1. The van der Waals surface area contributed by atoms with Gasteiger partial charge in [0.05, 0.1) is 22.8 Å². The Bertz CT molecular complexity index is 1300. The normalized spacial score (nSPS) is 28.1. The molecule has 212 valence electrons. The third kappa shape index (κ3) is 5.71. The van der Waals surface area contributed by atoms with Gasteiger partial charge in [-0.3, -0.25) is 4.90 Å². The molecule has 0 bridgehead atoms. The van der Waals surface area contributed by atoms with Crippen LogP contribution in [0.3, 0.4) is 0 Å². The molecule has 0 amide bonds. The van der Waals surface area contributed by atoms with E-state index < -0.39 is 30.6 Å². The van der Waals surface area contributed by atoms with E-state index in [2.05, 4.69) is 18.7 Å². The zero-order chi connectivity index (χ0) is 27.9. The molecule has 3 unspecified atom stereocenters. The van der Waals surface area contributed by atoms with E-state index in [9.17, 15) is 16.8 Å². The number of para-hydroxylation sites is 1. The van der Waals surface area contributed by atoms with Gasteiger partial charge in [-0.25, -0.2) is 30.7 Å². The summed E-state index contributed by atoms with van der Waals surface area (Å²) in [6.07, 6.45) is 5.77. The fraction of sp³-hybridized carbons (Fsp3) is 0.615. The summed E-state index contributed by atoms with van der Waals surface area (Å²) < 4.78 is 71.9. The number of morpholine rings is 1. The van der Waals surface area contributed by atoms with Gasteiger partial charge in [0.1, 0.15) is 10.6 Å². The summed E-state index contributed by atoms with van der Waals surface area (Å²) in [5, 5.41) is 5.76. The molecule has 0 radical (unpaired) electrons. The van der Waals surface area contributed by atoms with Gasteiger partial charge in [0.2, 0.25) is 20.0 Å². The van der Waals surface area contributed by atoms with Gasteiger partial charge in [0.25, 0.3) is 0 Å². The van der Waals surface area contributed by atoms with E-state index in [4.69, 9.17) is 9.88 Å². The van der Waals surface area contributed by atoms with Crippen LogP contribution in [0.25, 0.3) is 0 Å². The van der Waals surface area contributed by atoms with Gasteiger partial charge in [0, 0.05) is 52.4 Å². The molecule has 0 spiro atoms. The summed E-state index contributed by atoms with van der Waals surface area (Å²) >= 11 is 0. The number of halogens is 1. The van der Waals surface area contributed by atoms with Gasteiger partial charge in [-0.15, -0.1) is 0 Å². The molecule has 2 heterocycles. The third-order valence-electron chi connectivity index (χ3n) is 7.79. The Morgan fingerprint density at radius 2 is 1.74 bits per heavy atom. The first-order valence-electron chi connectivity index (χ1n) is 13.0. The fourth-order valence-corrected chi connectivity index (χ4v) is 7.89. The SMILES string of the molecule is CC1CN(CC2CCN(c3c(F)cccc3C3(S(N)(=O)=O)C=CC(S(=O)(=O)N(C)C)=CC3)CC2)CC(C)O1. The largest absolute Gasteiger partial charge is 0.373 e. The number of nitrogens with zero attached hydrogens (tertiary/aromatic N) is 3. The standard InChI is InChI=1S/C26H39FN4O5S2/c1-19-16-30(17-20(2)36-19)18-21-10-14-31(15-11-21)25-23(6-5-7-24(25)27)26(38(28,34)35)12-8-22(9-13-26)37(32,33)29(3)4/h5-9,12,19-21H,10-11,13-18H2,1-4H3,(H2,28,34,35). The van der Waals surface area contributed by atoms with E-state index in [-0.39, 0.29) is 34.8 Å². The van der Waals surface area contributed by atoms with E-state index in [0.29, 0.717) is 19.0 Å². The first-order valence-corrected chi connectivity index (χ1v) is 16.0. The molecule has 12 heteroatoms. The second-order valence-corrected chi connectivity index (χ2v) is 14.9.